The molecule has 0 bridgehead atoms. The lowest BCUT2D eigenvalue weighted by molar-refractivity contribution is -0.116. The Morgan fingerprint density at radius 3 is 2.22 bits per heavy atom. The van der Waals surface area contributed by atoms with Crippen molar-refractivity contribution in [2.24, 2.45) is 0 Å². The molecule has 0 saturated heterocycles. The summed E-state index contributed by atoms with van der Waals surface area (Å²) in [6.07, 6.45) is 0.267. The summed E-state index contributed by atoms with van der Waals surface area (Å²) in [5.41, 5.74) is 3.62. The van der Waals surface area contributed by atoms with E-state index in [0.717, 1.165) is 16.1 Å². The topological polar surface area (TPSA) is 58.2 Å². The van der Waals surface area contributed by atoms with Crippen LogP contribution in [0.5, 0.6) is 0 Å². The summed E-state index contributed by atoms with van der Waals surface area (Å²) in [4.78, 5) is 25.9. The highest BCUT2D eigenvalue weighted by Gasteiger charge is 2.15. The number of amides is 2. The first-order valence-corrected chi connectivity index (χ1v) is 11.8. The molecule has 0 aliphatic rings. The van der Waals surface area contributed by atoms with Gasteiger partial charge in [-0.15, -0.1) is 11.8 Å². The molecule has 2 amide bonds. The van der Waals surface area contributed by atoms with Gasteiger partial charge in [0.05, 0.1) is 11.7 Å². The number of carbonyl (C=O) groups excluding carboxylic acids is 2. The average Bonchev–Trinajstić information content (AvgIpc) is 2.76. The van der Waals surface area contributed by atoms with Gasteiger partial charge in [0.2, 0.25) is 11.8 Å². The third-order valence-electron chi connectivity index (χ3n) is 4.92. The molecule has 1 atom stereocenters. The Balaban J connectivity index is 1.55. The molecule has 0 saturated carbocycles. The number of nitrogens with one attached hydrogen (secondary N) is 2. The zero-order valence-corrected chi connectivity index (χ0v) is 20.0. The molecule has 0 spiro atoms. The number of carbonyl (C=O) groups is 2. The highest BCUT2D eigenvalue weighted by atomic mass is 35.5. The van der Waals surface area contributed by atoms with E-state index in [4.69, 9.17) is 11.6 Å². The lowest BCUT2D eigenvalue weighted by atomic mass is 10.0. The molecule has 166 valence electrons. The predicted molar refractivity (Wildman–Crippen MR) is 135 cm³/mol. The molecule has 6 heteroatoms. The molecule has 3 aromatic carbocycles. The molecule has 3 aromatic rings. The van der Waals surface area contributed by atoms with Crippen LogP contribution in [0.15, 0.2) is 77.7 Å². The molecular weight excluding hydrogens is 440 g/mol. The van der Waals surface area contributed by atoms with E-state index in [9.17, 15) is 9.59 Å². The van der Waals surface area contributed by atoms with Gasteiger partial charge >= 0.3 is 0 Å². The van der Waals surface area contributed by atoms with Crippen molar-refractivity contribution in [1.29, 1.82) is 0 Å². The number of halogens is 1. The minimum absolute atomic E-state index is 0.0653. The molecule has 1 unspecified atom stereocenters. The first kappa shape index (κ1) is 23.9. The molecule has 0 aliphatic carbocycles. The van der Waals surface area contributed by atoms with E-state index in [1.165, 1.54) is 17.3 Å². The van der Waals surface area contributed by atoms with E-state index in [1.54, 1.807) is 12.1 Å². The largest absolute Gasteiger partial charge is 0.326 e. The summed E-state index contributed by atoms with van der Waals surface area (Å²) < 4.78 is 0. The monoisotopic (exact) mass is 466 g/mol. The van der Waals surface area contributed by atoms with E-state index >= 15 is 0 Å². The highest BCUT2D eigenvalue weighted by Crippen LogP contribution is 2.27. The Morgan fingerprint density at radius 2 is 1.56 bits per heavy atom. The first-order valence-electron chi connectivity index (χ1n) is 10.5. The van der Waals surface area contributed by atoms with E-state index in [0.29, 0.717) is 16.6 Å². The van der Waals surface area contributed by atoms with Crippen molar-refractivity contribution in [3.05, 3.63) is 88.9 Å². The molecule has 0 radical (unpaired) electrons. The lowest BCUT2D eigenvalue weighted by Gasteiger charge is -2.14. The molecule has 0 fully saturated rings. The maximum atomic E-state index is 12.6. The molecule has 3 rings (SSSR count). The number of rotatable bonds is 8. The van der Waals surface area contributed by atoms with Crippen LogP contribution >= 0.6 is 23.4 Å². The smallest absolute Gasteiger partial charge is 0.237 e. The normalized spacial score (nSPS) is 11.8. The van der Waals surface area contributed by atoms with Gasteiger partial charge in [0.1, 0.15) is 0 Å². The number of anilines is 2. The van der Waals surface area contributed by atoms with Crippen LogP contribution in [0.2, 0.25) is 5.02 Å². The van der Waals surface area contributed by atoms with Crippen LogP contribution in [0.1, 0.15) is 37.8 Å². The van der Waals surface area contributed by atoms with Crippen LogP contribution in [-0.4, -0.2) is 17.1 Å². The van der Waals surface area contributed by atoms with Crippen molar-refractivity contribution in [2.75, 3.05) is 10.6 Å². The molecule has 4 nitrogen and oxygen atoms in total. The summed E-state index contributed by atoms with van der Waals surface area (Å²) in [7, 11) is 0. The summed E-state index contributed by atoms with van der Waals surface area (Å²) in [6.45, 7) is 6.15. The van der Waals surface area contributed by atoms with Gasteiger partial charge in [0, 0.05) is 21.3 Å². The fourth-order valence-corrected chi connectivity index (χ4v) is 4.15. The van der Waals surface area contributed by atoms with Gasteiger partial charge in [-0.3, -0.25) is 9.59 Å². The zero-order chi connectivity index (χ0) is 23.1. The highest BCUT2D eigenvalue weighted by molar-refractivity contribution is 8.00. The maximum absolute atomic E-state index is 12.6. The zero-order valence-electron chi connectivity index (χ0n) is 18.4. The predicted octanol–water partition coefficient (Wildman–Crippen LogP) is 6.76. The van der Waals surface area contributed by atoms with Crippen LogP contribution in [-0.2, 0) is 16.0 Å². The first-order chi connectivity index (χ1) is 15.3. The van der Waals surface area contributed by atoms with Crippen molar-refractivity contribution in [3.8, 4) is 0 Å². The third kappa shape index (κ3) is 7.14. The van der Waals surface area contributed by atoms with Gasteiger partial charge in [0.15, 0.2) is 0 Å². The standard InChI is InChI=1S/C26H27ClN2O2S/c1-17(2)20-9-13-22(14-10-20)29-26(31)18(3)32-24-6-4-5-23(16-24)28-25(30)15-19-7-11-21(27)12-8-19/h4-14,16-18H,15H2,1-3H3,(H,28,30)(H,29,31). The van der Waals surface area contributed by atoms with Crippen LogP contribution in [0.4, 0.5) is 11.4 Å². The van der Waals surface area contributed by atoms with Gasteiger partial charge < -0.3 is 10.6 Å². The van der Waals surface area contributed by atoms with Crippen LogP contribution < -0.4 is 10.6 Å². The summed E-state index contributed by atoms with van der Waals surface area (Å²) in [6, 6.07) is 22.7. The van der Waals surface area contributed by atoms with Crippen LogP contribution in [0, 0.1) is 0 Å². The Morgan fingerprint density at radius 1 is 0.875 bits per heavy atom. The van der Waals surface area contributed by atoms with Crippen molar-refractivity contribution < 1.29 is 9.59 Å². The van der Waals surface area contributed by atoms with E-state index in [2.05, 4.69) is 24.5 Å². The molecule has 0 heterocycles. The Labute approximate surface area is 198 Å². The molecule has 0 aliphatic heterocycles. The second-order valence-electron chi connectivity index (χ2n) is 7.91. The number of hydrogen-bond acceptors (Lipinski definition) is 3. The van der Waals surface area contributed by atoms with Crippen LogP contribution in [0.25, 0.3) is 0 Å². The summed E-state index contributed by atoms with van der Waals surface area (Å²) in [5, 5.41) is 6.23. The van der Waals surface area contributed by atoms with Crippen LogP contribution in [0.3, 0.4) is 0 Å². The SMILES string of the molecule is CC(Sc1cccc(NC(=O)Cc2ccc(Cl)cc2)c1)C(=O)Nc1ccc(C(C)C)cc1. The summed E-state index contributed by atoms with van der Waals surface area (Å²) in [5.74, 6) is 0.280. The fraction of sp³-hybridized carbons (Fsp3) is 0.231. The van der Waals surface area contributed by atoms with Gasteiger partial charge in [-0.05, 0) is 66.4 Å². The van der Waals surface area contributed by atoms with Crippen molar-refractivity contribution >= 4 is 46.6 Å². The van der Waals surface area contributed by atoms with Crippen molar-refractivity contribution in [2.45, 2.75) is 43.3 Å². The molecule has 32 heavy (non-hydrogen) atoms. The van der Waals surface area contributed by atoms with E-state index < -0.39 is 0 Å². The third-order valence-corrected chi connectivity index (χ3v) is 6.27. The minimum Gasteiger partial charge on any atom is -0.326 e. The number of thioether (sulfide) groups is 1. The van der Waals surface area contributed by atoms with Gasteiger partial charge in [-0.25, -0.2) is 0 Å². The van der Waals surface area contributed by atoms with Gasteiger partial charge in [0.25, 0.3) is 0 Å². The molecule has 0 aromatic heterocycles. The Hall–Kier alpha value is -2.76. The average molecular weight is 467 g/mol. The quantitative estimate of drug-likeness (QED) is 0.360. The molecule has 2 N–H and O–H groups in total. The van der Waals surface area contributed by atoms with E-state index in [-0.39, 0.29) is 23.5 Å². The maximum Gasteiger partial charge on any atom is 0.237 e. The van der Waals surface area contributed by atoms with Gasteiger partial charge in [-0.2, -0.15) is 0 Å². The van der Waals surface area contributed by atoms with Crippen molar-refractivity contribution in [1.82, 2.24) is 0 Å². The molecular formula is C26H27ClN2O2S. The number of benzene rings is 3. The van der Waals surface area contributed by atoms with Gasteiger partial charge in [-0.1, -0.05) is 55.8 Å². The van der Waals surface area contributed by atoms with E-state index in [1.807, 2.05) is 67.6 Å². The second kappa shape index (κ2) is 11.2. The second-order valence-corrected chi connectivity index (χ2v) is 9.76. The fourth-order valence-electron chi connectivity index (χ4n) is 3.09. The Bertz CT molecular complexity index is 1070. The minimum atomic E-state index is -0.292. The lowest BCUT2D eigenvalue weighted by Crippen LogP contribution is -2.22. The van der Waals surface area contributed by atoms with Crippen molar-refractivity contribution in [3.63, 3.8) is 0 Å². The number of hydrogen-bond donors (Lipinski definition) is 2. The summed E-state index contributed by atoms with van der Waals surface area (Å²) >= 11 is 7.34. The Kier molecular flexibility index (Phi) is 8.37.